The highest BCUT2D eigenvalue weighted by atomic mass is 15.0. The first-order chi connectivity index (χ1) is 23.7. The summed E-state index contributed by atoms with van der Waals surface area (Å²) in [6.45, 7) is 0. The Bertz CT molecular complexity index is 2790. The van der Waals surface area contributed by atoms with Crippen LogP contribution in [0.1, 0.15) is 11.1 Å². The van der Waals surface area contributed by atoms with E-state index in [0.29, 0.717) is 11.1 Å². The maximum Gasteiger partial charge on any atom is 0.0991 e. The van der Waals surface area contributed by atoms with E-state index < -0.39 is 0 Å². The fraction of sp³-hybridized carbons (Fsp3) is 0. The van der Waals surface area contributed by atoms with Crippen LogP contribution in [0.5, 0.6) is 0 Å². The Kier molecular flexibility index (Phi) is 6.22. The summed E-state index contributed by atoms with van der Waals surface area (Å²) in [5, 5.41) is 23.9. The standard InChI is InChI=1S/C44H26N4/c45-27-29-20-23-32(24-21-29)47-41-25-22-30(28-46)26-39(41)43-36(15-9-19-42(43)47)33-12-4-5-13-34(33)37-16-8-17-38-35-14-6-7-18-40(35)48(44(37)38)31-10-2-1-3-11-31/h1-26H. The van der Waals surface area contributed by atoms with Crippen molar-refractivity contribution >= 4 is 43.6 Å². The fourth-order valence-corrected chi connectivity index (χ4v) is 7.36. The van der Waals surface area contributed by atoms with Gasteiger partial charge in [0.2, 0.25) is 0 Å². The van der Waals surface area contributed by atoms with Gasteiger partial charge in [-0.3, -0.25) is 0 Å². The van der Waals surface area contributed by atoms with Gasteiger partial charge in [-0.15, -0.1) is 0 Å². The molecule has 4 heteroatoms. The van der Waals surface area contributed by atoms with E-state index in [0.717, 1.165) is 61.0 Å². The lowest BCUT2D eigenvalue weighted by molar-refractivity contribution is 1.18. The van der Waals surface area contributed by atoms with Gasteiger partial charge in [-0.2, -0.15) is 10.5 Å². The summed E-state index contributed by atoms with van der Waals surface area (Å²) in [6, 6.07) is 59.0. The zero-order chi connectivity index (χ0) is 32.2. The molecule has 9 aromatic rings. The SMILES string of the molecule is N#Cc1ccc(-n2c3ccc(C#N)cc3c3c(-c4ccccc4-c4cccc5c6ccccc6n(-c6ccccc6)c45)cccc32)cc1. The van der Waals surface area contributed by atoms with E-state index >= 15 is 0 Å². The third kappa shape index (κ3) is 4.07. The Hall–Kier alpha value is -6.88. The lowest BCUT2D eigenvalue weighted by Gasteiger charge is -2.16. The fourth-order valence-electron chi connectivity index (χ4n) is 7.36. The first-order valence-electron chi connectivity index (χ1n) is 15.9. The number of aromatic nitrogens is 2. The zero-order valence-electron chi connectivity index (χ0n) is 25.8. The second kappa shape index (κ2) is 10.9. The molecular weight excluding hydrogens is 585 g/mol. The van der Waals surface area contributed by atoms with Gasteiger partial charge in [-0.25, -0.2) is 0 Å². The van der Waals surface area contributed by atoms with Crippen molar-refractivity contribution in [3.8, 4) is 45.8 Å². The molecule has 0 radical (unpaired) electrons. The average molecular weight is 611 g/mol. The molecule has 0 bridgehead atoms. The Morgan fingerprint density at radius 2 is 0.938 bits per heavy atom. The van der Waals surface area contributed by atoms with Crippen LogP contribution in [0.15, 0.2) is 158 Å². The molecule has 222 valence electrons. The summed E-state index contributed by atoms with van der Waals surface area (Å²) < 4.78 is 4.61. The van der Waals surface area contributed by atoms with Crippen LogP contribution < -0.4 is 0 Å². The van der Waals surface area contributed by atoms with Gasteiger partial charge in [0, 0.05) is 38.5 Å². The maximum absolute atomic E-state index is 9.92. The van der Waals surface area contributed by atoms with Crippen LogP contribution in [0.3, 0.4) is 0 Å². The second-order valence-electron chi connectivity index (χ2n) is 12.0. The quantitative estimate of drug-likeness (QED) is 0.199. The number of nitrogens with zero attached hydrogens (tertiary/aromatic N) is 4. The molecule has 0 spiro atoms. The number of para-hydroxylation sites is 3. The van der Waals surface area contributed by atoms with Crippen molar-refractivity contribution in [2.75, 3.05) is 0 Å². The largest absolute Gasteiger partial charge is 0.309 e. The van der Waals surface area contributed by atoms with Gasteiger partial charge >= 0.3 is 0 Å². The molecule has 0 aliphatic heterocycles. The number of hydrogen-bond acceptors (Lipinski definition) is 2. The molecule has 0 fully saturated rings. The lowest BCUT2D eigenvalue weighted by Crippen LogP contribution is -1.96. The summed E-state index contributed by atoms with van der Waals surface area (Å²) >= 11 is 0. The van der Waals surface area contributed by atoms with Crippen LogP contribution in [0.4, 0.5) is 0 Å². The lowest BCUT2D eigenvalue weighted by atomic mass is 9.91. The topological polar surface area (TPSA) is 57.4 Å². The van der Waals surface area contributed by atoms with Crippen molar-refractivity contribution < 1.29 is 0 Å². The average Bonchev–Trinajstić information content (AvgIpc) is 3.68. The van der Waals surface area contributed by atoms with E-state index in [1.54, 1.807) is 0 Å². The molecule has 48 heavy (non-hydrogen) atoms. The van der Waals surface area contributed by atoms with Gasteiger partial charge in [0.05, 0.1) is 45.3 Å². The van der Waals surface area contributed by atoms with E-state index in [9.17, 15) is 10.5 Å². The highest BCUT2D eigenvalue weighted by Crippen LogP contribution is 2.45. The first kappa shape index (κ1) is 27.4. The van der Waals surface area contributed by atoms with Crippen LogP contribution in [0, 0.1) is 22.7 Å². The molecule has 9 rings (SSSR count). The Labute approximate surface area is 277 Å². The normalized spacial score (nSPS) is 11.3. The summed E-state index contributed by atoms with van der Waals surface area (Å²) in [7, 11) is 0. The summed E-state index contributed by atoms with van der Waals surface area (Å²) in [4.78, 5) is 0. The van der Waals surface area contributed by atoms with Gasteiger partial charge in [-0.1, -0.05) is 91.0 Å². The Morgan fingerprint density at radius 3 is 1.73 bits per heavy atom. The minimum absolute atomic E-state index is 0.613. The summed E-state index contributed by atoms with van der Waals surface area (Å²) in [6.07, 6.45) is 0. The number of benzene rings is 7. The van der Waals surface area contributed by atoms with Crippen molar-refractivity contribution in [2.45, 2.75) is 0 Å². The molecule has 0 saturated heterocycles. The Balaban J connectivity index is 1.37. The number of nitriles is 2. The van der Waals surface area contributed by atoms with E-state index in [-0.39, 0.29) is 0 Å². The van der Waals surface area contributed by atoms with Crippen molar-refractivity contribution in [1.82, 2.24) is 9.13 Å². The Morgan fingerprint density at radius 1 is 0.375 bits per heavy atom. The van der Waals surface area contributed by atoms with Gasteiger partial charge in [-0.05, 0) is 83.4 Å². The molecular formula is C44H26N4. The molecule has 2 aromatic heterocycles. The van der Waals surface area contributed by atoms with Crippen molar-refractivity contribution in [1.29, 1.82) is 10.5 Å². The molecule has 4 nitrogen and oxygen atoms in total. The molecule has 0 atom stereocenters. The molecule has 0 N–H and O–H groups in total. The van der Waals surface area contributed by atoms with Crippen LogP contribution in [-0.2, 0) is 0 Å². The van der Waals surface area contributed by atoms with Crippen LogP contribution in [-0.4, -0.2) is 9.13 Å². The third-order valence-corrected chi connectivity index (χ3v) is 9.39. The minimum atomic E-state index is 0.613. The molecule has 0 unspecified atom stereocenters. The third-order valence-electron chi connectivity index (χ3n) is 9.39. The number of fused-ring (bicyclic) bond motifs is 6. The van der Waals surface area contributed by atoms with Gasteiger partial charge in [0.1, 0.15) is 0 Å². The second-order valence-corrected chi connectivity index (χ2v) is 12.0. The van der Waals surface area contributed by atoms with E-state index in [4.69, 9.17) is 0 Å². The zero-order valence-corrected chi connectivity index (χ0v) is 25.8. The summed E-state index contributed by atoms with van der Waals surface area (Å²) in [5.74, 6) is 0. The van der Waals surface area contributed by atoms with Gasteiger partial charge in [0.15, 0.2) is 0 Å². The van der Waals surface area contributed by atoms with Crippen molar-refractivity contribution in [3.05, 3.63) is 169 Å². The molecule has 7 aromatic carbocycles. The van der Waals surface area contributed by atoms with Crippen molar-refractivity contribution in [3.63, 3.8) is 0 Å². The maximum atomic E-state index is 9.92. The smallest absolute Gasteiger partial charge is 0.0991 e. The predicted molar refractivity (Wildman–Crippen MR) is 195 cm³/mol. The minimum Gasteiger partial charge on any atom is -0.309 e. The van der Waals surface area contributed by atoms with Crippen molar-refractivity contribution in [2.24, 2.45) is 0 Å². The molecule has 2 heterocycles. The van der Waals surface area contributed by atoms with E-state index in [1.165, 1.54) is 16.3 Å². The number of rotatable bonds is 4. The highest BCUT2D eigenvalue weighted by molar-refractivity contribution is 6.19. The first-order valence-corrected chi connectivity index (χ1v) is 15.9. The van der Waals surface area contributed by atoms with Crippen LogP contribution >= 0.6 is 0 Å². The summed E-state index contributed by atoms with van der Waals surface area (Å²) in [5.41, 5.74) is 12.2. The van der Waals surface area contributed by atoms with E-state index in [2.05, 4.69) is 137 Å². The molecule has 0 saturated carbocycles. The number of hydrogen-bond donors (Lipinski definition) is 0. The van der Waals surface area contributed by atoms with E-state index in [1.807, 2.05) is 42.5 Å². The van der Waals surface area contributed by atoms with Gasteiger partial charge in [0.25, 0.3) is 0 Å². The molecule has 0 amide bonds. The molecule has 0 aliphatic carbocycles. The van der Waals surface area contributed by atoms with Gasteiger partial charge < -0.3 is 9.13 Å². The highest BCUT2D eigenvalue weighted by Gasteiger charge is 2.21. The predicted octanol–water partition coefficient (Wildman–Crippen LogP) is 11.0. The van der Waals surface area contributed by atoms with Crippen LogP contribution in [0.2, 0.25) is 0 Å². The molecule has 0 aliphatic rings. The van der Waals surface area contributed by atoms with Crippen LogP contribution in [0.25, 0.3) is 77.2 Å². The monoisotopic (exact) mass is 610 g/mol.